The van der Waals surface area contributed by atoms with E-state index in [2.05, 4.69) is 0 Å². The molecule has 0 heterocycles. The van der Waals surface area contributed by atoms with Gasteiger partial charge in [0.05, 0.1) is 13.2 Å². The minimum atomic E-state index is -2.67. The van der Waals surface area contributed by atoms with Crippen LogP contribution in [0.5, 0.6) is 0 Å². The Morgan fingerprint density at radius 2 is 1.25 bits per heavy atom. The topological polar surface area (TPSA) is 52.6 Å². The van der Waals surface area contributed by atoms with Crippen molar-refractivity contribution >= 4 is 11.9 Å². The highest BCUT2D eigenvalue weighted by molar-refractivity contribution is 6.03. The molecule has 0 saturated heterocycles. The van der Waals surface area contributed by atoms with E-state index < -0.39 is 17.6 Å². The van der Waals surface area contributed by atoms with Gasteiger partial charge in [-0.05, 0) is 12.8 Å². The summed E-state index contributed by atoms with van der Waals surface area (Å²) < 4.78 is 24.0. The number of unbranched alkanes of at least 4 members (excludes halogenated alkanes) is 4. The first-order valence-electron chi connectivity index (χ1n) is 7.56. The van der Waals surface area contributed by atoms with Crippen molar-refractivity contribution in [2.24, 2.45) is 0 Å². The largest absolute Gasteiger partial charge is 0.463 e. The van der Waals surface area contributed by atoms with Gasteiger partial charge in [-0.2, -0.15) is 0 Å². The number of hydrogen-bond donors (Lipinski definition) is 0. The van der Waals surface area contributed by atoms with Gasteiger partial charge in [-0.3, -0.25) is 0 Å². The van der Waals surface area contributed by atoms with Gasteiger partial charge < -0.3 is 9.47 Å². The van der Waals surface area contributed by atoms with Gasteiger partial charge in [0, 0.05) is 6.42 Å². The molecule has 5 heteroatoms. The summed E-state index contributed by atoms with van der Waals surface area (Å²) in [6.45, 7) is 5.74. The molecular weight excluding hydrogens is 263 g/mol. The van der Waals surface area contributed by atoms with Crippen LogP contribution in [0, 0.1) is 0 Å². The highest BCUT2D eigenvalue weighted by atomic mass is 19.1. The Kier molecular flexibility index (Phi) is 10.0. The van der Waals surface area contributed by atoms with Crippen LogP contribution in [0.15, 0.2) is 0 Å². The van der Waals surface area contributed by atoms with E-state index in [1.807, 2.05) is 13.8 Å². The summed E-state index contributed by atoms with van der Waals surface area (Å²) in [6.07, 6.45) is 4.84. The lowest BCUT2D eigenvalue weighted by Gasteiger charge is -2.20. The van der Waals surface area contributed by atoms with Gasteiger partial charge in [0.25, 0.3) is 0 Å². The van der Waals surface area contributed by atoms with Gasteiger partial charge in [0.15, 0.2) is 0 Å². The summed E-state index contributed by atoms with van der Waals surface area (Å²) in [4.78, 5) is 23.4. The van der Waals surface area contributed by atoms with Crippen LogP contribution in [0.25, 0.3) is 0 Å². The lowest BCUT2D eigenvalue weighted by molar-refractivity contribution is -0.175. The third-order valence-electron chi connectivity index (χ3n) is 3.10. The first kappa shape index (κ1) is 18.9. The van der Waals surface area contributed by atoms with Crippen LogP contribution in [0.2, 0.25) is 0 Å². The first-order chi connectivity index (χ1) is 9.52. The zero-order chi connectivity index (χ0) is 15.4. The summed E-state index contributed by atoms with van der Waals surface area (Å²) in [5.74, 6) is -2.26. The van der Waals surface area contributed by atoms with Gasteiger partial charge in [0.2, 0.25) is 0 Å². The molecule has 0 amide bonds. The molecule has 0 aliphatic rings. The lowest BCUT2D eigenvalue weighted by atomic mass is 10.0. The molecule has 0 N–H and O–H groups in total. The average molecular weight is 290 g/mol. The number of carbonyl (C=O) groups excluding carboxylic acids is 2. The van der Waals surface area contributed by atoms with Crippen LogP contribution >= 0.6 is 0 Å². The fraction of sp³-hybridized carbons (Fsp3) is 0.867. The molecule has 118 valence electrons. The van der Waals surface area contributed by atoms with Crippen LogP contribution in [0.3, 0.4) is 0 Å². The van der Waals surface area contributed by atoms with Crippen molar-refractivity contribution in [3.05, 3.63) is 0 Å². The van der Waals surface area contributed by atoms with Crippen molar-refractivity contribution < 1.29 is 23.5 Å². The minimum absolute atomic E-state index is 0.140. The molecule has 0 spiro atoms. The van der Waals surface area contributed by atoms with Crippen LogP contribution in [0.4, 0.5) is 4.39 Å². The van der Waals surface area contributed by atoms with Crippen molar-refractivity contribution in [2.75, 3.05) is 13.2 Å². The molecule has 0 aliphatic heterocycles. The fourth-order valence-corrected chi connectivity index (χ4v) is 1.63. The molecule has 0 unspecified atom stereocenters. The van der Waals surface area contributed by atoms with E-state index in [9.17, 15) is 14.0 Å². The van der Waals surface area contributed by atoms with Gasteiger partial charge >= 0.3 is 17.6 Å². The van der Waals surface area contributed by atoms with Crippen LogP contribution in [-0.4, -0.2) is 30.8 Å². The Hall–Kier alpha value is -1.13. The number of ether oxygens (including phenoxy) is 2. The maximum absolute atomic E-state index is 14.4. The van der Waals surface area contributed by atoms with Crippen LogP contribution in [-0.2, 0) is 19.1 Å². The number of halogens is 1. The highest BCUT2D eigenvalue weighted by Crippen LogP contribution is 2.21. The number of alkyl halides is 1. The zero-order valence-electron chi connectivity index (χ0n) is 12.9. The Bertz CT molecular complexity index is 268. The Morgan fingerprint density at radius 1 is 0.850 bits per heavy atom. The fourth-order valence-electron chi connectivity index (χ4n) is 1.63. The third-order valence-corrected chi connectivity index (χ3v) is 3.10. The molecule has 0 bridgehead atoms. The van der Waals surface area contributed by atoms with Gasteiger partial charge in [0.1, 0.15) is 0 Å². The van der Waals surface area contributed by atoms with Crippen LogP contribution in [0.1, 0.15) is 65.7 Å². The van der Waals surface area contributed by atoms with Crippen LogP contribution < -0.4 is 0 Å². The van der Waals surface area contributed by atoms with Crippen molar-refractivity contribution in [3.8, 4) is 0 Å². The van der Waals surface area contributed by atoms with E-state index in [0.29, 0.717) is 12.8 Å². The highest BCUT2D eigenvalue weighted by Gasteiger charge is 2.48. The SMILES string of the molecule is CCCCCOC(=O)C(F)(CC)C(=O)OCCCCC. The smallest absolute Gasteiger partial charge is 0.355 e. The second-order valence-electron chi connectivity index (χ2n) is 4.84. The van der Waals surface area contributed by atoms with E-state index in [-0.39, 0.29) is 19.6 Å². The summed E-state index contributed by atoms with van der Waals surface area (Å²) in [7, 11) is 0. The lowest BCUT2D eigenvalue weighted by Crippen LogP contribution is -2.44. The molecule has 0 atom stereocenters. The second-order valence-corrected chi connectivity index (χ2v) is 4.84. The van der Waals surface area contributed by atoms with E-state index in [1.165, 1.54) is 6.92 Å². The number of carbonyl (C=O) groups is 2. The Morgan fingerprint density at radius 3 is 1.55 bits per heavy atom. The monoisotopic (exact) mass is 290 g/mol. The first-order valence-corrected chi connectivity index (χ1v) is 7.56. The summed E-state index contributed by atoms with van der Waals surface area (Å²) >= 11 is 0. The van der Waals surface area contributed by atoms with E-state index in [0.717, 1.165) is 25.7 Å². The van der Waals surface area contributed by atoms with E-state index in [1.54, 1.807) is 0 Å². The molecule has 0 aromatic rings. The van der Waals surface area contributed by atoms with Gasteiger partial charge in [-0.15, -0.1) is 0 Å². The number of rotatable bonds is 11. The minimum Gasteiger partial charge on any atom is -0.463 e. The van der Waals surface area contributed by atoms with Crippen molar-refractivity contribution in [2.45, 2.75) is 71.4 Å². The van der Waals surface area contributed by atoms with Crippen molar-refractivity contribution in [1.29, 1.82) is 0 Å². The molecular formula is C15H27FO4. The average Bonchev–Trinajstić information content (AvgIpc) is 2.46. The zero-order valence-corrected chi connectivity index (χ0v) is 12.9. The van der Waals surface area contributed by atoms with Crippen molar-refractivity contribution in [3.63, 3.8) is 0 Å². The molecule has 0 radical (unpaired) electrons. The third kappa shape index (κ3) is 6.35. The second kappa shape index (κ2) is 10.6. The maximum atomic E-state index is 14.4. The summed E-state index contributed by atoms with van der Waals surface area (Å²) in [5.41, 5.74) is -2.67. The van der Waals surface area contributed by atoms with E-state index >= 15 is 0 Å². The molecule has 0 rings (SSSR count). The maximum Gasteiger partial charge on any atom is 0.355 e. The molecule has 0 fully saturated rings. The number of hydrogen-bond acceptors (Lipinski definition) is 4. The van der Waals surface area contributed by atoms with Crippen molar-refractivity contribution in [1.82, 2.24) is 0 Å². The van der Waals surface area contributed by atoms with E-state index in [4.69, 9.17) is 9.47 Å². The Labute approximate surface area is 121 Å². The molecule has 4 nitrogen and oxygen atoms in total. The molecule has 0 aromatic carbocycles. The molecule has 0 saturated carbocycles. The number of esters is 2. The predicted molar refractivity (Wildman–Crippen MR) is 75.1 cm³/mol. The quantitative estimate of drug-likeness (QED) is 0.331. The summed E-state index contributed by atoms with van der Waals surface area (Å²) in [5, 5.41) is 0. The standard InChI is InChI=1S/C15H27FO4/c1-4-7-9-11-19-13(17)15(16,6-3)14(18)20-12-10-8-5-2/h4-12H2,1-3H3. The molecule has 0 aromatic heterocycles. The van der Waals surface area contributed by atoms with Gasteiger partial charge in [-0.25, -0.2) is 14.0 Å². The predicted octanol–water partition coefficient (Wildman–Crippen LogP) is 3.57. The normalized spacial score (nSPS) is 11.2. The van der Waals surface area contributed by atoms with Gasteiger partial charge in [-0.1, -0.05) is 46.5 Å². The summed E-state index contributed by atoms with van der Waals surface area (Å²) in [6, 6.07) is 0. The Balaban J connectivity index is 4.27. The molecule has 0 aliphatic carbocycles. The molecule has 20 heavy (non-hydrogen) atoms.